The topological polar surface area (TPSA) is 121 Å². The van der Waals surface area contributed by atoms with Gasteiger partial charge in [0.15, 0.2) is 11.5 Å². The molecule has 1 aromatic heterocycles. The molecule has 1 fully saturated rings. The van der Waals surface area contributed by atoms with Crippen LogP contribution in [-0.2, 0) is 20.9 Å². The van der Waals surface area contributed by atoms with Crippen molar-refractivity contribution in [2.75, 3.05) is 33.9 Å². The summed E-state index contributed by atoms with van der Waals surface area (Å²) in [6, 6.07) is 4.73. The Hall–Kier alpha value is -3.21. The lowest BCUT2D eigenvalue weighted by Gasteiger charge is -2.32. The van der Waals surface area contributed by atoms with Gasteiger partial charge in [0.1, 0.15) is 12.6 Å². The van der Waals surface area contributed by atoms with Crippen molar-refractivity contribution in [2.24, 2.45) is 5.92 Å². The number of hydrogen-bond acceptors (Lipinski definition) is 8. The fraction of sp³-hybridized carbons (Fsp3) is 0.654. The predicted molar refractivity (Wildman–Crippen MR) is 138 cm³/mol. The highest BCUT2D eigenvalue weighted by atomic mass is 16.5. The molecule has 0 spiro atoms. The smallest absolute Gasteiger partial charge is 0.247 e. The molecule has 1 N–H and O–H groups in total. The van der Waals surface area contributed by atoms with Gasteiger partial charge in [0.25, 0.3) is 0 Å². The number of benzene rings is 1. The second kappa shape index (κ2) is 13.9. The first-order chi connectivity index (χ1) is 17.9. The number of amides is 2. The molecule has 1 aromatic carbocycles. The van der Waals surface area contributed by atoms with Crippen molar-refractivity contribution >= 4 is 11.8 Å². The minimum atomic E-state index is -0.581. The molecule has 0 saturated carbocycles. The summed E-state index contributed by atoms with van der Waals surface area (Å²) >= 11 is 0. The molecule has 11 nitrogen and oxygen atoms in total. The highest BCUT2D eigenvalue weighted by Crippen LogP contribution is 2.30. The van der Waals surface area contributed by atoms with E-state index in [9.17, 15) is 9.59 Å². The Labute approximate surface area is 218 Å². The highest BCUT2D eigenvalue weighted by Gasteiger charge is 2.32. The number of tetrazole rings is 1. The number of carbonyl (C=O) groups excluding carboxylic acids is 2. The van der Waals surface area contributed by atoms with Crippen LogP contribution in [0.5, 0.6) is 11.5 Å². The normalized spacial score (nSPS) is 16.0. The van der Waals surface area contributed by atoms with Crippen molar-refractivity contribution in [1.29, 1.82) is 0 Å². The maximum Gasteiger partial charge on any atom is 0.247 e. The number of carbonyl (C=O) groups is 2. The number of nitrogens with one attached hydrogen (secondary N) is 1. The van der Waals surface area contributed by atoms with E-state index in [-0.39, 0.29) is 24.5 Å². The average Bonchev–Trinajstić information content (AvgIpc) is 3.57. The van der Waals surface area contributed by atoms with Gasteiger partial charge in [0.05, 0.1) is 20.3 Å². The van der Waals surface area contributed by atoms with E-state index >= 15 is 0 Å². The van der Waals surface area contributed by atoms with Crippen LogP contribution in [0.4, 0.5) is 0 Å². The van der Waals surface area contributed by atoms with E-state index in [4.69, 9.17) is 14.2 Å². The van der Waals surface area contributed by atoms with Crippen molar-refractivity contribution in [3.8, 4) is 22.9 Å². The third-order valence-corrected chi connectivity index (χ3v) is 6.38. The number of nitrogens with zero attached hydrogens (tertiary/aromatic N) is 5. The molecule has 2 amide bonds. The van der Waals surface area contributed by atoms with Gasteiger partial charge >= 0.3 is 0 Å². The van der Waals surface area contributed by atoms with Crippen molar-refractivity contribution in [3.63, 3.8) is 0 Å². The van der Waals surface area contributed by atoms with Crippen molar-refractivity contribution in [3.05, 3.63) is 18.2 Å². The average molecular weight is 517 g/mol. The molecule has 37 heavy (non-hydrogen) atoms. The Morgan fingerprint density at radius 2 is 2.00 bits per heavy atom. The number of rotatable bonds is 14. The van der Waals surface area contributed by atoms with Crippen LogP contribution in [0.3, 0.4) is 0 Å². The van der Waals surface area contributed by atoms with Crippen LogP contribution in [-0.4, -0.2) is 83.0 Å². The Morgan fingerprint density at radius 1 is 1.22 bits per heavy atom. The lowest BCUT2D eigenvalue weighted by molar-refractivity contribution is -0.143. The predicted octanol–water partition coefficient (Wildman–Crippen LogP) is 2.70. The molecule has 0 bridgehead atoms. The highest BCUT2D eigenvalue weighted by molar-refractivity contribution is 5.87. The third-order valence-electron chi connectivity index (χ3n) is 6.38. The summed E-state index contributed by atoms with van der Waals surface area (Å²) in [7, 11) is 3.12. The van der Waals surface area contributed by atoms with E-state index in [1.54, 1.807) is 37.3 Å². The summed E-state index contributed by atoms with van der Waals surface area (Å²) in [4.78, 5) is 29.6. The Kier molecular flexibility index (Phi) is 10.7. The molecule has 2 atom stereocenters. The van der Waals surface area contributed by atoms with E-state index in [0.29, 0.717) is 54.9 Å². The molecule has 1 aliphatic heterocycles. The van der Waals surface area contributed by atoms with Gasteiger partial charge in [-0.3, -0.25) is 9.59 Å². The van der Waals surface area contributed by atoms with Crippen LogP contribution in [0.2, 0.25) is 0 Å². The number of aromatic nitrogens is 4. The van der Waals surface area contributed by atoms with Gasteiger partial charge in [0, 0.05) is 25.3 Å². The molecule has 2 aromatic rings. The maximum absolute atomic E-state index is 13.6. The fourth-order valence-electron chi connectivity index (χ4n) is 4.33. The molecule has 0 unspecified atom stereocenters. The van der Waals surface area contributed by atoms with E-state index in [2.05, 4.69) is 34.6 Å². The first-order valence-corrected chi connectivity index (χ1v) is 13.0. The molecule has 0 radical (unpaired) electrons. The maximum atomic E-state index is 13.6. The fourth-order valence-corrected chi connectivity index (χ4v) is 4.33. The summed E-state index contributed by atoms with van der Waals surface area (Å²) in [5.41, 5.74) is 0.681. The van der Waals surface area contributed by atoms with Gasteiger partial charge < -0.3 is 24.4 Å². The van der Waals surface area contributed by atoms with Crippen LogP contribution in [0, 0.1) is 5.92 Å². The monoisotopic (exact) mass is 516 g/mol. The zero-order valence-corrected chi connectivity index (χ0v) is 22.6. The summed E-state index contributed by atoms with van der Waals surface area (Å²) in [5.74, 6) is 1.59. The van der Waals surface area contributed by atoms with Gasteiger partial charge in [-0.15, -0.1) is 10.2 Å². The standard InChI is InChI=1S/C26H40N6O5/c1-6-8-21(26(34)27-13-12-18(2)3)31(16-20-9-7-14-37-20)24(33)17-32-29-25(28-30-32)19-10-11-22(35-4)23(15-19)36-5/h10-11,15,18,20-21H,6-9,12-14,16-17H2,1-5H3,(H,27,34)/t20-,21+/m1/s1. The summed E-state index contributed by atoms with van der Waals surface area (Å²) in [5, 5.41) is 15.6. The SMILES string of the molecule is CCC[C@@H](C(=O)NCCC(C)C)N(C[C@H]1CCCO1)C(=O)Cn1nnc(-c2ccc(OC)c(OC)c2)n1. The first kappa shape index (κ1) is 28.4. The second-order valence-corrected chi connectivity index (χ2v) is 9.67. The van der Waals surface area contributed by atoms with Crippen LogP contribution < -0.4 is 14.8 Å². The Morgan fingerprint density at radius 3 is 2.65 bits per heavy atom. The summed E-state index contributed by atoms with van der Waals surface area (Å²) < 4.78 is 16.5. The molecule has 0 aliphatic carbocycles. The van der Waals surface area contributed by atoms with Gasteiger partial charge in [-0.2, -0.15) is 4.80 Å². The zero-order chi connectivity index (χ0) is 26.8. The quantitative estimate of drug-likeness (QED) is 0.407. The van der Waals surface area contributed by atoms with Crippen LogP contribution in [0.1, 0.15) is 52.9 Å². The van der Waals surface area contributed by atoms with Gasteiger partial charge in [-0.25, -0.2) is 0 Å². The van der Waals surface area contributed by atoms with Crippen molar-refractivity contribution in [2.45, 2.75) is 71.6 Å². The number of hydrogen-bond donors (Lipinski definition) is 1. The van der Waals surface area contributed by atoms with Crippen LogP contribution >= 0.6 is 0 Å². The molecule has 1 saturated heterocycles. The van der Waals surface area contributed by atoms with Gasteiger partial charge in [0.2, 0.25) is 17.6 Å². The molecule has 11 heteroatoms. The molecule has 1 aliphatic rings. The molecule has 3 rings (SSSR count). The largest absolute Gasteiger partial charge is 0.493 e. The molecular formula is C26H40N6O5. The Balaban J connectivity index is 1.77. The van der Waals surface area contributed by atoms with Crippen LogP contribution in [0.15, 0.2) is 18.2 Å². The number of methoxy groups -OCH3 is 2. The zero-order valence-electron chi connectivity index (χ0n) is 22.6. The Bertz CT molecular complexity index is 1020. The van der Waals surface area contributed by atoms with Crippen molar-refractivity contribution in [1.82, 2.24) is 30.4 Å². The molecular weight excluding hydrogens is 476 g/mol. The molecule has 2 heterocycles. The van der Waals surface area contributed by atoms with Crippen molar-refractivity contribution < 1.29 is 23.8 Å². The van der Waals surface area contributed by atoms with E-state index in [1.807, 2.05) is 6.92 Å². The van der Waals surface area contributed by atoms with Gasteiger partial charge in [-0.05, 0) is 55.0 Å². The lowest BCUT2D eigenvalue weighted by atomic mass is 10.1. The van der Waals surface area contributed by atoms with E-state index in [0.717, 1.165) is 25.7 Å². The summed E-state index contributed by atoms with van der Waals surface area (Å²) in [6.07, 6.45) is 3.94. The molecule has 204 valence electrons. The lowest BCUT2D eigenvalue weighted by Crippen LogP contribution is -2.53. The third kappa shape index (κ3) is 7.88. The number of ether oxygens (including phenoxy) is 3. The summed E-state index contributed by atoms with van der Waals surface area (Å²) in [6.45, 7) is 7.72. The van der Waals surface area contributed by atoms with E-state index in [1.165, 1.54) is 4.80 Å². The first-order valence-electron chi connectivity index (χ1n) is 13.0. The van der Waals surface area contributed by atoms with Crippen LogP contribution in [0.25, 0.3) is 11.4 Å². The minimum Gasteiger partial charge on any atom is -0.493 e. The minimum absolute atomic E-state index is 0.0854. The second-order valence-electron chi connectivity index (χ2n) is 9.67. The van der Waals surface area contributed by atoms with E-state index < -0.39 is 6.04 Å². The van der Waals surface area contributed by atoms with Gasteiger partial charge in [-0.1, -0.05) is 27.2 Å².